The van der Waals surface area contributed by atoms with Crippen molar-refractivity contribution in [2.45, 2.75) is 38.3 Å². The van der Waals surface area contributed by atoms with E-state index >= 15 is 0 Å². The summed E-state index contributed by atoms with van der Waals surface area (Å²) >= 11 is 0. The molecule has 0 aromatic heterocycles. The van der Waals surface area contributed by atoms with E-state index in [0.29, 0.717) is 19.4 Å². The molecule has 4 heteroatoms. The molecular weight excluding hydrogens is 266 g/mol. The van der Waals surface area contributed by atoms with Gasteiger partial charge in [0.1, 0.15) is 6.61 Å². The number of allylic oxidation sites excluding steroid dienone is 1. The molecule has 1 saturated heterocycles. The van der Waals surface area contributed by atoms with Crippen molar-refractivity contribution in [3.63, 3.8) is 0 Å². The summed E-state index contributed by atoms with van der Waals surface area (Å²) < 4.78 is 5.19. The lowest BCUT2D eigenvalue weighted by atomic mass is 10.0. The number of carbonyl (C=O) groups is 1. The molecule has 1 heterocycles. The molecule has 0 saturated carbocycles. The highest BCUT2D eigenvalue weighted by Crippen LogP contribution is 2.32. The summed E-state index contributed by atoms with van der Waals surface area (Å²) in [4.78, 5) is 13.7. The molecule has 0 bridgehead atoms. The van der Waals surface area contributed by atoms with Crippen molar-refractivity contribution in [1.82, 2.24) is 4.90 Å². The van der Waals surface area contributed by atoms with Crippen molar-refractivity contribution in [2.24, 2.45) is 0 Å². The van der Waals surface area contributed by atoms with Crippen LogP contribution in [0.2, 0.25) is 0 Å². The SMILES string of the molecule is C=C=C(CCC[C@H](C)O)N1C(=O)OC[C@H]1c1ccccc1. The first-order chi connectivity index (χ1) is 10.1. The molecule has 112 valence electrons. The molecule has 1 amide bonds. The smallest absolute Gasteiger partial charge is 0.415 e. The van der Waals surface area contributed by atoms with Crippen LogP contribution in [-0.2, 0) is 4.74 Å². The fourth-order valence-corrected chi connectivity index (χ4v) is 2.50. The van der Waals surface area contributed by atoms with Crippen LogP contribution in [0.1, 0.15) is 37.8 Å². The Morgan fingerprint density at radius 2 is 2.24 bits per heavy atom. The van der Waals surface area contributed by atoms with Crippen molar-refractivity contribution in [2.75, 3.05) is 6.61 Å². The van der Waals surface area contributed by atoms with E-state index < -0.39 is 0 Å². The third kappa shape index (κ3) is 3.75. The number of carbonyl (C=O) groups excluding carboxylic acids is 1. The van der Waals surface area contributed by atoms with Gasteiger partial charge >= 0.3 is 6.09 Å². The zero-order valence-electron chi connectivity index (χ0n) is 12.3. The van der Waals surface area contributed by atoms with Gasteiger partial charge in [-0.1, -0.05) is 36.9 Å². The second-order valence-corrected chi connectivity index (χ2v) is 5.24. The van der Waals surface area contributed by atoms with Crippen LogP contribution in [0.3, 0.4) is 0 Å². The average Bonchev–Trinajstić information content (AvgIpc) is 2.86. The first-order valence-corrected chi connectivity index (χ1v) is 7.21. The van der Waals surface area contributed by atoms with Crippen LogP contribution >= 0.6 is 0 Å². The Morgan fingerprint density at radius 1 is 1.52 bits per heavy atom. The van der Waals surface area contributed by atoms with Gasteiger partial charge in [0.2, 0.25) is 0 Å². The summed E-state index contributed by atoms with van der Waals surface area (Å²) in [6.07, 6.45) is 1.41. The molecule has 0 unspecified atom stereocenters. The lowest BCUT2D eigenvalue weighted by Gasteiger charge is -2.23. The number of hydrogen-bond acceptors (Lipinski definition) is 3. The molecule has 2 rings (SSSR count). The van der Waals surface area contributed by atoms with Crippen LogP contribution in [0.5, 0.6) is 0 Å². The van der Waals surface area contributed by atoms with Crippen LogP contribution in [-0.4, -0.2) is 28.8 Å². The highest BCUT2D eigenvalue weighted by atomic mass is 16.6. The minimum absolute atomic E-state index is 0.130. The number of amides is 1. The second-order valence-electron chi connectivity index (χ2n) is 5.24. The predicted octanol–water partition coefficient (Wildman–Crippen LogP) is 3.40. The van der Waals surface area contributed by atoms with Gasteiger partial charge in [-0.05, 0) is 31.7 Å². The minimum atomic E-state index is -0.355. The minimum Gasteiger partial charge on any atom is -0.447 e. The van der Waals surface area contributed by atoms with E-state index in [1.54, 1.807) is 11.8 Å². The monoisotopic (exact) mass is 287 g/mol. The van der Waals surface area contributed by atoms with Gasteiger partial charge in [-0.2, -0.15) is 0 Å². The van der Waals surface area contributed by atoms with Crippen molar-refractivity contribution in [3.05, 3.63) is 53.9 Å². The highest BCUT2D eigenvalue weighted by molar-refractivity contribution is 5.73. The highest BCUT2D eigenvalue weighted by Gasteiger charge is 2.36. The quantitative estimate of drug-likeness (QED) is 0.816. The van der Waals surface area contributed by atoms with Crippen molar-refractivity contribution >= 4 is 6.09 Å². The summed E-state index contributed by atoms with van der Waals surface area (Å²) in [6, 6.07) is 9.67. The number of benzene rings is 1. The molecule has 0 aliphatic carbocycles. The van der Waals surface area contributed by atoms with Crippen LogP contribution in [0.4, 0.5) is 4.79 Å². The molecule has 21 heavy (non-hydrogen) atoms. The molecule has 0 spiro atoms. The molecule has 1 N–H and O–H groups in total. The molecule has 1 aromatic carbocycles. The van der Waals surface area contributed by atoms with Gasteiger partial charge in [-0.3, -0.25) is 4.90 Å². The third-order valence-corrected chi connectivity index (χ3v) is 3.59. The fourth-order valence-electron chi connectivity index (χ4n) is 2.50. The van der Waals surface area contributed by atoms with E-state index in [2.05, 4.69) is 12.3 Å². The summed E-state index contributed by atoms with van der Waals surface area (Å²) in [5.74, 6) is 0. The normalized spacial score (nSPS) is 19.0. The maximum atomic E-state index is 12.0. The molecule has 1 aromatic rings. The molecular formula is C17H21NO3. The van der Waals surface area contributed by atoms with E-state index in [1.807, 2.05) is 30.3 Å². The largest absolute Gasteiger partial charge is 0.447 e. The van der Waals surface area contributed by atoms with E-state index in [1.165, 1.54) is 0 Å². The van der Waals surface area contributed by atoms with Gasteiger partial charge < -0.3 is 9.84 Å². The van der Waals surface area contributed by atoms with Crippen LogP contribution in [0.25, 0.3) is 0 Å². The topological polar surface area (TPSA) is 49.8 Å². The Bertz CT molecular complexity index is 532. The van der Waals surface area contributed by atoms with Gasteiger partial charge in [-0.15, -0.1) is 5.73 Å². The standard InChI is InChI=1S/C17H21NO3/c1-3-15(11-7-8-13(2)19)18-16(12-21-17(18)20)14-9-5-4-6-10-14/h4-6,9-10,13,16,19H,1,7-8,11-12H2,2H3/t13-,16-/m0/s1. The van der Waals surface area contributed by atoms with Gasteiger partial charge in [0.15, 0.2) is 0 Å². The third-order valence-electron chi connectivity index (χ3n) is 3.59. The maximum absolute atomic E-state index is 12.0. The van der Waals surface area contributed by atoms with E-state index in [-0.39, 0.29) is 18.2 Å². The van der Waals surface area contributed by atoms with Gasteiger partial charge in [0.25, 0.3) is 0 Å². The second kappa shape index (κ2) is 7.11. The maximum Gasteiger partial charge on any atom is 0.415 e. The number of rotatable bonds is 6. The van der Waals surface area contributed by atoms with E-state index in [0.717, 1.165) is 17.7 Å². The number of hydrogen-bond donors (Lipinski definition) is 1. The lowest BCUT2D eigenvalue weighted by molar-refractivity contribution is 0.162. The molecule has 1 aliphatic heterocycles. The number of aliphatic hydroxyl groups is 1. The summed E-state index contributed by atoms with van der Waals surface area (Å²) in [7, 11) is 0. The predicted molar refractivity (Wildman–Crippen MR) is 80.6 cm³/mol. The van der Waals surface area contributed by atoms with Crippen LogP contribution in [0.15, 0.2) is 48.3 Å². The molecule has 2 atom stereocenters. The molecule has 0 radical (unpaired) electrons. The number of aliphatic hydroxyl groups excluding tert-OH is 1. The average molecular weight is 287 g/mol. The Balaban J connectivity index is 2.14. The van der Waals surface area contributed by atoms with E-state index in [9.17, 15) is 9.90 Å². The zero-order chi connectivity index (χ0) is 15.2. The van der Waals surface area contributed by atoms with Crippen molar-refractivity contribution in [3.8, 4) is 0 Å². The Labute approximate surface area is 125 Å². The lowest BCUT2D eigenvalue weighted by Crippen LogP contribution is -2.26. The van der Waals surface area contributed by atoms with E-state index in [4.69, 9.17) is 4.74 Å². The number of nitrogens with zero attached hydrogens (tertiary/aromatic N) is 1. The first kappa shape index (κ1) is 15.4. The van der Waals surface area contributed by atoms with Crippen LogP contribution in [0, 0.1) is 0 Å². The van der Waals surface area contributed by atoms with Crippen LogP contribution < -0.4 is 0 Å². The Morgan fingerprint density at radius 3 is 2.86 bits per heavy atom. The first-order valence-electron chi connectivity index (χ1n) is 7.21. The van der Waals surface area contributed by atoms with Gasteiger partial charge in [0.05, 0.1) is 17.8 Å². The zero-order valence-corrected chi connectivity index (χ0v) is 12.3. The van der Waals surface area contributed by atoms with Crippen molar-refractivity contribution < 1.29 is 14.6 Å². The Kier molecular flexibility index (Phi) is 5.20. The summed E-state index contributed by atoms with van der Waals surface area (Å²) in [5, 5.41) is 9.33. The van der Waals surface area contributed by atoms with Gasteiger partial charge in [-0.25, -0.2) is 4.79 Å². The number of cyclic esters (lactones) is 1. The molecule has 4 nitrogen and oxygen atoms in total. The molecule has 1 aliphatic rings. The fraction of sp³-hybridized carbons (Fsp3) is 0.412. The number of ether oxygens (including phenoxy) is 1. The summed E-state index contributed by atoms with van der Waals surface area (Å²) in [6.45, 7) is 5.79. The summed E-state index contributed by atoms with van der Waals surface area (Å²) in [5.41, 5.74) is 4.62. The Hall–Kier alpha value is -2.03. The molecule has 1 fully saturated rings. The van der Waals surface area contributed by atoms with Gasteiger partial charge in [0, 0.05) is 0 Å². The van der Waals surface area contributed by atoms with Crippen molar-refractivity contribution in [1.29, 1.82) is 0 Å².